The minimum atomic E-state index is -0.999. The predicted octanol–water partition coefficient (Wildman–Crippen LogP) is 0.519. The lowest BCUT2D eigenvalue weighted by Crippen LogP contribution is -2.54. The van der Waals surface area contributed by atoms with Gasteiger partial charge in [0.15, 0.2) is 0 Å². The largest absolute Gasteiger partial charge is 0.366 e. The summed E-state index contributed by atoms with van der Waals surface area (Å²) < 4.78 is 0.666. The van der Waals surface area contributed by atoms with Crippen LogP contribution < -0.4 is 10.2 Å². The first-order valence-corrected chi connectivity index (χ1v) is 10.1. The van der Waals surface area contributed by atoms with Crippen LogP contribution in [0.1, 0.15) is 40.5 Å². The first kappa shape index (κ1) is 19.6. The number of hydrogen-bond donors (Lipinski definition) is 1. The predicted molar refractivity (Wildman–Crippen MR) is 105 cm³/mol. The highest BCUT2D eigenvalue weighted by atomic mass is 79.9. The minimum Gasteiger partial charge on any atom is -0.366 e. The van der Waals surface area contributed by atoms with Gasteiger partial charge in [-0.05, 0) is 34.5 Å². The van der Waals surface area contributed by atoms with Crippen LogP contribution in [0.5, 0.6) is 0 Å². The molecule has 0 spiro atoms. The van der Waals surface area contributed by atoms with E-state index in [2.05, 4.69) is 21.2 Å². The van der Waals surface area contributed by atoms with Gasteiger partial charge >= 0.3 is 0 Å². The van der Waals surface area contributed by atoms with Crippen LogP contribution in [0.25, 0.3) is 0 Å². The van der Waals surface area contributed by atoms with Crippen LogP contribution in [0, 0.1) is 0 Å². The van der Waals surface area contributed by atoms with Gasteiger partial charge in [-0.25, -0.2) is 0 Å². The Labute approximate surface area is 175 Å². The van der Waals surface area contributed by atoms with Gasteiger partial charge in [0.1, 0.15) is 6.04 Å². The first-order chi connectivity index (χ1) is 13.8. The molecule has 2 fully saturated rings. The number of carbonyl (C=O) groups excluding carboxylic acids is 5. The summed E-state index contributed by atoms with van der Waals surface area (Å²) in [5, 5.41) is 2.20. The van der Waals surface area contributed by atoms with Crippen LogP contribution in [0.15, 0.2) is 16.6 Å². The van der Waals surface area contributed by atoms with Crippen LogP contribution in [0.3, 0.4) is 0 Å². The molecule has 0 radical (unpaired) electrons. The number of nitrogens with zero attached hydrogens (tertiary/aromatic N) is 3. The van der Waals surface area contributed by atoms with Gasteiger partial charge in [0.2, 0.25) is 17.7 Å². The second kappa shape index (κ2) is 7.25. The van der Waals surface area contributed by atoms with Gasteiger partial charge in [-0.15, -0.1) is 0 Å². The zero-order valence-corrected chi connectivity index (χ0v) is 17.3. The van der Waals surface area contributed by atoms with E-state index < -0.39 is 29.7 Å². The molecule has 1 atom stereocenters. The van der Waals surface area contributed by atoms with Gasteiger partial charge in [-0.1, -0.05) is 0 Å². The summed E-state index contributed by atoms with van der Waals surface area (Å²) in [6.45, 7) is 3.60. The second-order valence-electron chi connectivity index (χ2n) is 7.26. The van der Waals surface area contributed by atoms with Gasteiger partial charge in [0.25, 0.3) is 11.8 Å². The normalized spacial score (nSPS) is 22.1. The molecule has 4 rings (SSSR count). The molecule has 1 aromatic rings. The number of piperazine rings is 1. The van der Waals surface area contributed by atoms with E-state index in [1.165, 1.54) is 6.92 Å². The number of imide groups is 2. The summed E-state index contributed by atoms with van der Waals surface area (Å²) >= 11 is 3.48. The van der Waals surface area contributed by atoms with Gasteiger partial charge in [-0.2, -0.15) is 0 Å². The van der Waals surface area contributed by atoms with Crippen LogP contribution in [-0.4, -0.2) is 71.6 Å². The molecule has 0 bridgehead atoms. The SMILES string of the molecule is CC(=O)N1CCN(c2c(Br)ccc3c2C(=O)N(C2CCC(=O)NC2=O)C3=O)CC1. The zero-order valence-electron chi connectivity index (χ0n) is 15.7. The van der Waals surface area contributed by atoms with Crippen molar-refractivity contribution in [2.75, 3.05) is 31.1 Å². The quantitative estimate of drug-likeness (QED) is 0.641. The molecule has 0 aliphatic carbocycles. The third-order valence-electron chi connectivity index (χ3n) is 5.57. The maximum atomic E-state index is 13.2. The molecule has 10 heteroatoms. The Bertz CT molecular complexity index is 954. The number of piperidine rings is 1. The summed E-state index contributed by atoms with van der Waals surface area (Å²) in [5.74, 6) is -2.11. The summed E-state index contributed by atoms with van der Waals surface area (Å²) in [7, 11) is 0. The summed E-state index contributed by atoms with van der Waals surface area (Å²) in [6, 6.07) is 2.28. The van der Waals surface area contributed by atoms with Crippen molar-refractivity contribution in [1.29, 1.82) is 0 Å². The molecule has 152 valence electrons. The summed E-state index contributed by atoms with van der Waals surface area (Å²) in [5.41, 5.74) is 1.09. The van der Waals surface area contributed by atoms with Crippen LogP contribution in [-0.2, 0) is 14.4 Å². The minimum absolute atomic E-state index is 0.00251. The number of hydrogen-bond acceptors (Lipinski definition) is 6. The Morgan fingerprint density at radius 3 is 2.38 bits per heavy atom. The number of fused-ring (bicyclic) bond motifs is 1. The molecule has 0 saturated carbocycles. The second-order valence-corrected chi connectivity index (χ2v) is 8.11. The molecular formula is C19H19BrN4O5. The van der Waals surface area contributed by atoms with Crippen molar-refractivity contribution < 1.29 is 24.0 Å². The molecule has 5 amide bonds. The summed E-state index contributed by atoms with van der Waals surface area (Å²) in [4.78, 5) is 66.2. The van der Waals surface area contributed by atoms with E-state index in [1.54, 1.807) is 17.0 Å². The molecule has 1 aromatic carbocycles. The van der Waals surface area contributed by atoms with Crippen LogP contribution in [0.4, 0.5) is 5.69 Å². The fourth-order valence-electron chi connectivity index (χ4n) is 4.07. The molecule has 2 saturated heterocycles. The van der Waals surface area contributed by atoms with Crippen molar-refractivity contribution in [2.45, 2.75) is 25.8 Å². The Morgan fingerprint density at radius 1 is 1.07 bits per heavy atom. The third-order valence-corrected chi connectivity index (χ3v) is 6.21. The first-order valence-electron chi connectivity index (χ1n) is 9.34. The van der Waals surface area contributed by atoms with E-state index in [9.17, 15) is 24.0 Å². The highest BCUT2D eigenvalue weighted by Crippen LogP contribution is 2.39. The highest BCUT2D eigenvalue weighted by molar-refractivity contribution is 9.10. The number of anilines is 1. The Morgan fingerprint density at radius 2 is 1.76 bits per heavy atom. The van der Waals surface area contributed by atoms with Crippen molar-refractivity contribution in [3.63, 3.8) is 0 Å². The lowest BCUT2D eigenvalue weighted by molar-refractivity contribution is -0.136. The molecule has 0 aromatic heterocycles. The van der Waals surface area contributed by atoms with E-state index >= 15 is 0 Å². The third kappa shape index (κ3) is 3.21. The number of nitrogens with one attached hydrogen (secondary N) is 1. The van der Waals surface area contributed by atoms with E-state index in [1.807, 2.05) is 4.90 Å². The molecule has 3 aliphatic heterocycles. The van der Waals surface area contributed by atoms with Gasteiger partial charge < -0.3 is 9.80 Å². The van der Waals surface area contributed by atoms with Crippen molar-refractivity contribution in [3.05, 3.63) is 27.7 Å². The average Bonchev–Trinajstić information content (AvgIpc) is 2.93. The lowest BCUT2D eigenvalue weighted by Gasteiger charge is -2.36. The van der Waals surface area contributed by atoms with Crippen LogP contribution in [0.2, 0.25) is 0 Å². The maximum Gasteiger partial charge on any atom is 0.264 e. The van der Waals surface area contributed by atoms with E-state index in [4.69, 9.17) is 0 Å². The molecule has 3 heterocycles. The molecule has 1 unspecified atom stereocenters. The summed E-state index contributed by atoms with van der Waals surface area (Å²) in [6.07, 6.45) is 0.192. The molecular weight excluding hydrogens is 444 g/mol. The van der Waals surface area contributed by atoms with E-state index in [0.717, 1.165) is 4.90 Å². The van der Waals surface area contributed by atoms with Crippen molar-refractivity contribution in [3.8, 4) is 0 Å². The standard InChI is InChI=1S/C19H19BrN4O5/c1-10(25)22-6-8-23(9-7-22)16-12(20)3-2-11-15(16)19(29)24(18(11)28)13-4-5-14(26)21-17(13)27/h2-3,13H,4-9H2,1H3,(H,21,26,27). The fraction of sp³-hybridized carbons (Fsp3) is 0.421. The van der Waals surface area contributed by atoms with E-state index in [-0.39, 0.29) is 29.9 Å². The number of halogens is 1. The average molecular weight is 463 g/mol. The van der Waals surface area contributed by atoms with Crippen LogP contribution >= 0.6 is 15.9 Å². The topological polar surface area (TPSA) is 107 Å². The van der Waals surface area contributed by atoms with Gasteiger partial charge in [0, 0.05) is 44.0 Å². The fourth-order valence-corrected chi connectivity index (χ4v) is 4.65. The number of benzene rings is 1. The Hall–Kier alpha value is -2.75. The van der Waals surface area contributed by atoms with Crippen molar-refractivity contribution >= 4 is 51.2 Å². The highest BCUT2D eigenvalue weighted by Gasteiger charge is 2.46. The Balaban J connectivity index is 1.67. The molecule has 29 heavy (non-hydrogen) atoms. The maximum absolute atomic E-state index is 13.2. The van der Waals surface area contributed by atoms with Gasteiger partial charge in [0.05, 0.1) is 16.8 Å². The smallest absolute Gasteiger partial charge is 0.264 e. The number of carbonyl (C=O) groups is 5. The molecule has 3 aliphatic rings. The molecule has 1 N–H and O–H groups in total. The van der Waals surface area contributed by atoms with E-state index in [0.29, 0.717) is 36.3 Å². The number of rotatable bonds is 2. The number of amides is 5. The van der Waals surface area contributed by atoms with Crippen molar-refractivity contribution in [2.24, 2.45) is 0 Å². The zero-order chi connectivity index (χ0) is 20.9. The molecule has 9 nitrogen and oxygen atoms in total. The Kier molecular flexibility index (Phi) is 4.89. The van der Waals surface area contributed by atoms with Crippen molar-refractivity contribution in [1.82, 2.24) is 15.1 Å². The lowest BCUT2D eigenvalue weighted by atomic mass is 10.0. The van der Waals surface area contributed by atoms with Gasteiger partial charge in [-0.3, -0.25) is 34.2 Å². The monoisotopic (exact) mass is 462 g/mol.